The molecule has 0 aliphatic carbocycles. The van der Waals surface area contributed by atoms with Crippen molar-refractivity contribution in [1.29, 1.82) is 0 Å². The smallest absolute Gasteiger partial charge is 0.251 e. The molecule has 0 fully saturated rings. The maximum atomic E-state index is 12.6. The van der Waals surface area contributed by atoms with Crippen LogP contribution in [0.4, 0.5) is 0 Å². The second-order valence-corrected chi connectivity index (χ2v) is 7.11. The van der Waals surface area contributed by atoms with E-state index in [1.54, 1.807) is 12.4 Å². The minimum atomic E-state index is -0.0622. The second kappa shape index (κ2) is 9.18. The third-order valence-corrected chi connectivity index (χ3v) is 4.77. The monoisotopic (exact) mass is 374 g/mol. The SMILES string of the molecule is Cc1cc(C(=O)NCC(C)c2ccccc2)cc(C)c1OCc1cccnc1. The Labute approximate surface area is 166 Å². The van der Waals surface area contributed by atoms with E-state index in [4.69, 9.17) is 4.74 Å². The molecule has 1 heterocycles. The molecule has 2 aromatic carbocycles. The van der Waals surface area contributed by atoms with Gasteiger partial charge in [-0.25, -0.2) is 0 Å². The molecule has 4 nitrogen and oxygen atoms in total. The molecule has 144 valence electrons. The van der Waals surface area contributed by atoms with Gasteiger partial charge < -0.3 is 10.1 Å². The number of amides is 1. The van der Waals surface area contributed by atoms with Crippen molar-refractivity contribution in [3.05, 3.63) is 94.8 Å². The average Bonchev–Trinajstić information content (AvgIpc) is 2.72. The third-order valence-electron chi connectivity index (χ3n) is 4.77. The Morgan fingerprint density at radius 2 is 1.79 bits per heavy atom. The summed E-state index contributed by atoms with van der Waals surface area (Å²) in [6.07, 6.45) is 3.53. The first-order valence-corrected chi connectivity index (χ1v) is 9.50. The summed E-state index contributed by atoms with van der Waals surface area (Å²) in [6, 6.07) is 17.8. The van der Waals surface area contributed by atoms with E-state index in [0.29, 0.717) is 18.7 Å². The fourth-order valence-electron chi connectivity index (χ4n) is 3.20. The summed E-state index contributed by atoms with van der Waals surface area (Å²) in [5.41, 5.74) is 4.78. The van der Waals surface area contributed by atoms with Crippen molar-refractivity contribution >= 4 is 5.91 Å². The highest BCUT2D eigenvalue weighted by atomic mass is 16.5. The molecule has 3 rings (SSSR count). The molecule has 0 bridgehead atoms. The van der Waals surface area contributed by atoms with Gasteiger partial charge >= 0.3 is 0 Å². The van der Waals surface area contributed by atoms with Gasteiger partial charge in [0.05, 0.1) is 0 Å². The number of carbonyl (C=O) groups excluding carboxylic acids is 1. The van der Waals surface area contributed by atoms with Gasteiger partial charge in [-0.15, -0.1) is 0 Å². The minimum absolute atomic E-state index is 0.0622. The van der Waals surface area contributed by atoms with Crippen molar-refractivity contribution in [3.8, 4) is 5.75 Å². The van der Waals surface area contributed by atoms with Gasteiger partial charge in [-0.05, 0) is 54.7 Å². The largest absolute Gasteiger partial charge is 0.488 e. The topological polar surface area (TPSA) is 51.2 Å². The quantitative estimate of drug-likeness (QED) is 0.646. The number of nitrogens with one attached hydrogen (secondary N) is 1. The van der Waals surface area contributed by atoms with Crippen LogP contribution in [-0.2, 0) is 6.61 Å². The number of benzene rings is 2. The Morgan fingerprint density at radius 1 is 1.07 bits per heavy atom. The van der Waals surface area contributed by atoms with Gasteiger partial charge in [-0.1, -0.05) is 43.3 Å². The molecule has 1 N–H and O–H groups in total. The summed E-state index contributed by atoms with van der Waals surface area (Å²) in [5, 5.41) is 3.04. The van der Waals surface area contributed by atoms with Gasteiger partial charge in [-0.2, -0.15) is 0 Å². The Kier molecular flexibility index (Phi) is 6.43. The predicted molar refractivity (Wildman–Crippen MR) is 112 cm³/mol. The average molecular weight is 374 g/mol. The molecule has 0 aliphatic heterocycles. The highest BCUT2D eigenvalue weighted by molar-refractivity contribution is 5.95. The summed E-state index contributed by atoms with van der Waals surface area (Å²) >= 11 is 0. The van der Waals surface area contributed by atoms with E-state index in [1.807, 2.05) is 56.3 Å². The number of ether oxygens (including phenoxy) is 1. The number of nitrogens with zero attached hydrogens (tertiary/aromatic N) is 1. The summed E-state index contributed by atoms with van der Waals surface area (Å²) in [6.45, 7) is 7.10. The van der Waals surface area contributed by atoms with Crippen LogP contribution in [0.15, 0.2) is 67.0 Å². The molecular weight excluding hydrogens is 348 g/mol. The molecule has 4 heteroatoms. The molecule has 0 saturated carbocycles. The molecule has 0 aliphatic rings. The molecule has 1 atom stereocenters. The maximum absolute atomic E-state index is 12.6. The number of carbonyl (C=O) groups is 1. The van der Waals surface area contributed by atoms with Crippen LogP contribution < -0.4 is 10.1 Å². The van der Waals surface area contributed by atoms with Gasteiger partial charge in [0, 0.05) is 30.1 Å². The van der Waals surface area contributed by atoms with Crippen molar-refractivity contribution in [1.82, 2.24) is 10.3 Å². The summed E-state index contributed by atoms with van der Waals surface area (Å²) in [7, 11) is 0. The molecule has 1 unspecified atom stereocenters. The molecule has 28 heavy (non-hydrogen) atoms. The zero-order chi connectivity index (χ0) is 19.9. The molecule has 3 aromatic rings. The Balaban J connectivity index is 1.63. The number of hydrogen-bond donors (Lipinski definition) is 1. The van der Waals surface area contributed by atoms with E-state index < -0.39 is 0 Å². The fraction of sp³-hybridized carbons (Fsp3) is 0.250. The molecule has 0 spiro atoms. The first-order valence-electron chi connectivity index (χ1n) is 9.50. The van der Waals surface area contributed by atoms with Crippen LogP contribution >= 0.6 is 0 Å². The molecule has 0 saturated heterocycles. The first kappa shape index (κ1) is 19.6. The van der Waals surface area contributed by atoms with Crippen LogP contribution in [0.25, 0.3) is 0 Å². The van der Waals surface area contributed by atoms with Crippen LogP contribution in [0.5, 0.6) is 5.75 Å². The van der Waals surface area contributed by atoms with Gasteiger partial charge in [0.15, 0.2) is 0 Å². The lowest BCUT2D eigenvalue weighted by molar-refractivity contribution is 0.0951. The van der Waals surface area contributed by atoms with E-state index in [2.05, 4.69) is 29.4 Å². The van der Waals surface area contributed by atoms with E-state index in [0.717, 1.165) is 22.4 Å². The number of rotatable bonds is 7. The van der Waals surface area contributed by atoms with Crippen LogP contribution in [0.1, 0.15) is 45.5 Å². The standard InChI is InChI=1S/C24H26N2O2/c1-17-12-22(24(27)26-14-19(3)21-9-5-4-6-10-21)13-18(2)23(17)28-16-20-8-7-11-25-15-20/h4-13,15,19H,14,16H2,1-3H3,(H,26,27). The predicted octanol–water partition coefficient (Wildman–Crippen LogP) is 4.81. The number of hydrogen-bond acceptors (Lipinski definition) is 3. The lowest BCUT2D eigenvalue weighted by atomic mass is 10.0. The normalized spacial score (nSPS) is 11.7. The fourth-order valence-corrected chi connectivity index (χ4v) is 3.20. The van der Waals surface area contributed by atoms with Crippen molar-refractivity contribution in [2.45, 2.75) is 33.3 Å². The highest BCUT2D eigenvalue weighted by Crippen LogP contribution is 2.26. The third kappa shape index (κ3) is 4.97. The van der Waals surface area contributed by atoms with Crippen molar-refractivity contribution in [2.75, 3.05) is 6.54 Å². The number of aromatic nitrogens is 1. The highest BCUT2D eigenvalue weighted by Gasteiger charge is 2.13. The zero-order valence-electron chi connectivity index (χ0n) is 16.6. The molecule has 1 amide bonds. The van der Waals surface area contributed by atoms with E-state index in [1.165, 1.54) is 5.56 Å². The maximum Gasteiger partial charge on any atom is 0.251 e. The Hall–Kier alpha value is -3.14. The van der Waals surface area contributed by atoms with Gasteiger partial charge in [0.1, 0.15) is 12.4 Å². The van der Waals surface area contributed by atoms with Crippen LogP contribution in [0.2, 0.25) is 0 Å². The Bertz CT molecular complexity index is 901. The van der Waals surface area contributed by atoms with Crippen LogP contribution in [-0.4, -0.2) is 17.4 Å². The van der Waals surface area contributed by atoms with Gasteiger partial charge in [0.25, 0.3) is 5.91 Å². The van der Waals surface area contributed by atoms with Crippen LogP contribution in [0.3, 0.4) is 0 Å². The second-order valence-electron chi connectivity index (χ2n) is 7.11. The van der Waals surface area contributed by atoms with Crippen LogP contribution in [0, 0.1) is 13.8 Å². The van der Waals surface area contributed by atoms with Crippen molar-refractivity contribution in [3.63, 3.8) is 0 Å². The van der Waals surface area contributed by atoms with E-state index in [9.17, 15) is 4.79 Å². The number of pyridine rings is 1. The molecular formula is C24H26N2O2. The first-order chi connectivity index (χ1) is 13.5. The summed E-state index contributed by atoms with van der Waals surface area (Å²) in [4.78, 5) is 16.7. The van der Waals surface area contributed by atoms with E-state index in [-0.39, 0.29) is 11.8 Å². The summed E-state index contributed by atoms with van der Waals surface area (Å²) < 4.78 is 5.97. The van der Waals surface area contributed by atoms with E-state index >= 15 is 0 Å². The summed E-state index contributed by atoms with van der Waals surface area (Å²) in [5.74, 6) is 1.01. The lowest BCUT2D eigenvalue weighted by Crippen LogP contribution is -2.27. The van der Waals surface area contributed by atoms with Gasteiger partial charge in [0.2, 0.25) is 0 Å². The number of aryl methyl sites for hydroxylation is 2. The lowest BCUT2D eigenvalue weighted by Gasteiger charge is -2.16. The molecule has 1 aromatic heterocycles. The Morgan fingerprint density at radius 3 is 2.43 bits per heavy atom. The minimum Gasteiger partial charge on any atom is -0.488 e. The zero-order valence-corrected chi connectivity index (χ0v) is 16.6. The van der Waals surface area contributed by atoms with Crippen molar-refractivity contribution in [2.24, 2.45) is 0 Å². The van der Waals surface area contributed by atoms with Gasteiger partial charge in [-0.3, -0.25) is 9.78 Å². The van der Waals surface area contributed by atoms with Crippen molar-refractivity contribution < 1.29 is 9.53 Å². The molecule has 0 radical (unpaired) electrons.